The topological polar surface area (TPSA) is 80.7 Å². The van der Waals surface area contributed by atoms with Gasteiger partial charge in [-0.2, -0.15) is 21.6 Å². The average Bonchev–Trinajstić information content (AvgIpc) is 1.98. The number of esters is 1. The molecule has 1 atom stereocenters. The number of carbonyl (C=O) groups is 1. The molecule has 92 valence electrons. The van der Waals surface area contributed by atoms with Gasteiger partial charge in [0.1, 0.15) is 5.75 Å². The van der Waals surface area contributed by atoms with Crippen molar-refractivity contribution in [2.45, 2.75) is 19.2 Å². The van der Waals surface area contributed by atoms with Crippen molar-refractivity contribution in [3.63, 3.8) is 0 Å². The normalized spacial score (nSPS) is 13.6. The number of hydrogen-bond acceptors (Lipinski definition) is 4. The largest absolute Gasteiger partial charge is 0.442 e. The number of alkyl halides is 3. The number of ether oxygens (including phenoxy) is 1. The lowest BCUT2D eigenvalue weighted by Crippen LogP contribution is -2.39. The van der Waals surface area contributed by atoms with Gasteiger partial charge < -0.3 is 4.74 Å². The van der Waals surface area contributed by atoms with Crippen molar-refractivity contribution >= 4 is 16.1 Å². The first-order valence-electron chi connectivity index (χ1n) is 3.71. The lowest BCUT2D eigenvalue weighted by Gasteiger charge is -2.17. The van der Waals surface area contributed by atoms with E-state index in [9.17, 15) is 26.4 Å². The second kappa shape index (κ2) is 5.18. The van der Waals surface area contributed by atoms with Crippen LogP contribution < -0.4 is 0 Å². The maximum Gasteiger partial charge on any atom is 0.426 e. The fourth-order valence-electron chi connectivity index (χ4n) is 0.647. The van der Waals surface area contributed by atoms with Crippen LogP contribution in [0.25, 0.3) is 0 Å². The van der Waals surface area contributed by atoms with Crippen LogP contribution in [-0.4, -0.2) is 37.0 Å². The van der Waals surface area contributed by atoms with E-state index in [-0.39, 0.29) is 0 Å². The molecule has 0 fully saturated rings. The van der Waals surface area contributed by atoms with Crippen LogP contribution in [0, 0.1) is 11.8 Å². The van der Waals surface area contributed by atoms with Gasteiger partial charge in [0.05, 0.1) is 0 Å². The number of hydrogen-bond donors (Lipinski definition) is 1. The predicted octanol–water partition coefficient (Wildman–Crippen LogP) is 0.372. The second-order valence-electron chi connectivity index (χ2n) is 2.56. The van der Waals surface area contributed by atoms with Crippen molar-refractivity contribution < 1.29 is 35.7 Å². The van der Waals surface area contributed by atoms with Gasteiger partial charge in [-0.3, -0.25) is 4.55 Å². The molecule has 1 unspecified atom stereocenters. The summed E-state index contributed by atoms with van der Waals surface area (Å²) >= 11 is 0. The summed E-state index contributed by atoms with van der Waals surface area (Å²) in [4.78, 5) is 10.6. The Labute approximate surface area is 89.3 Å². The minimum atomic E-state index is -5.10. The molecule has 9 heteroatoms. The molecule has 0 aromatic carbocycles. The average molecular weight is 260 g/mol. The van der Waals surface area contributed by atoms with Crippen molar-refractivity contribution in [2.24, 2.45) is 0 Å². The monoisotopic (exact) mass is 260 g/mol. The summed E-state index contributed by atoms with van der Waals surface area (Å²) in [6.07, 6.45) is -8.03. The molecule has 0 radical (unpaired) electrons. The molecule has 16 heavy (non-hydrogen) atoms. The molecule has 1 N–H and O–H groups in total. The molecule has 5 nitrogen and oxygen atoms in total. The molecule has 0 spiro atoms. The van der Waals surface area contributed by atoms with Crippen LogP contribution >= 0.6 is 0 Å². The van der Waals surface area contributed by atoms with Gasteiger partial charge in [0.2, 0.25) is 6.10 Å². The molecule has 0 amide bonds. The lowest BCUT2D eigenvalue weighted by molar-refractivity contribution is -0.211. The van der Waals surface area contributed by atoms with Crippen LogP contribution in [0.1, 0.15) is 6.92 Å². The van der Waals surface area contributed by atoms with Crippen molar-refractivity contribution in [3.8, 4) is 11.8 Å². The molecule has 0 saturated heterocycles. The Morgan fingerprint density at radius 1 is 1.50 bits per heavy atom. The molecule has 0 aliphatic heterocycles. The van der Waals surface area contributed by atoms with Crippen LogP contribution in [-0.2, 0) is 19.6 Å². The Hall–Kier alpha value is -1.27. The smallest absolute Gasteiger partial charge is 0.426 e. The molecule has 0 aliphatic rings. The van der Waals surface area contributed by atoms with E-state index in [4.69, 9.17) is 4.55 Å². The quantitative estimate of drug-likeness (QED) is 0.343. The highest BCUT2D eigenvalue weighted by Crippen LogP contribution is 2.24. The summed E-state index contributed by atoms with van der Waals surface area (Å²) < 4.78 is 69.0. The number of rotatable bonds is 3. The van der Waals surface area contributed by atoms with Crippen molar-refractivity contribution in [1.82, 2.24) is 0 Å². The Kier molecular flexibility index (Phi) is 4.77. The highest BCUT2D eigenvalue weighted by Gasteiger charge is 2.45. The Morgan fingerprint density at radius 2 is 2.00 bits per heavy atom. The summed E-state index contributed by atoms with van der Waals surface area (Å²) in [6, 6.07) is 0. The Balaban J connectivity index is 4.82. The van der Waals surface area contributed by atoms with Crippen molar-refractivity contribution in [3.05, 3.63) is 0 Å². The summed E-state index contributed by atoms with van der Waals surface area (Å²) in [5, 5.41) is 0. The van der Waals surface area contributed by atoms with Crippen LogP contribution in [0.3, 0.4) is 0 Å². The van der Waals surface area contributed by atoms with E-state index in [2.05, 4.69) is 4.74 Å². The maximum absolute atomic E-state index is 12.2. The zero-order valence-electron chi connectivity index (χ0n) is 7.91. The second-order valence-corrected chi connectivity index (χ2v) is 4.06. The van der Waals surface area contributed by atoms with Gasteiger partial charge in [0.25, 0.3) is 10.1 Å². The van der Waals surface area contributed by atoms with Gasteiger partial charge in [-0.15, -0.1) is 0 Å². The standard InChI is InChI=1S/C7H7F3O5S/c1-2-3-6(11)15-5(7(8,9)10)4-16(12,13)14/h5H,4H2,1H3,(H,12,13,14). The maximum atomic E-state index is 12.2. The molecule has 0 rings (SSSR count). The fourth-order valence-corrected chi connectivity index (χ4v) is 1.29. The summed E-state index contributed by atoms with van der Waals surface area (Å²) in [5.41, 5.74) is 0. The molecule has 0 bridgehead atoms. The third-order valence-electron chi connectivity index (χ3n) is 1.20. The van der Waals surface area contributed by atoms with Gasteiger partial charge in [-0.25, -0.2) is 4.79 Å². The van der Waals surface area contributed by atoms with Gasteiger partial charge in [0.15, 0.2) is 0 Å². The van der Waals surface area contributed by atoms with Crippen LogP contribution in [0.4, 0.5) is 13.2 Å². The zero-order valence-corrected chi connectivity index (χ0v) is 8.72. The van der Waals surface area contributed by atoms with Crippen LogP contribution in [0.5, 0.6) is 0 Å². The number of carbonyl (C=O) groups excluding carboxylic acids is 1. The summed E-state index contributed by atoms with van der Waals surface area (Å²) in [6.45, 7) is 1.19. The predicted molar refractivity (Wildman–Crippen MR) is 45.8 cm³/mol. The van der Waals surface area contributed by atoms with E-state index >= 15 is 0 Å². The van der Waals surface area contributed by atoms with E-state index in [0.29, 0.717) is 0 Å². The minimum Gasteiger partial charge on any atom is -0.442 e. The molecular weight excluding hydrogens is 253 g/mol. The van der Waals surface area contributed by atoms with Crippen LogP contribution in [0.2, 0.25) is 0 Å². The van der Waals surface area contributed by atoms with E-state index in [1.165, 1.54) is 6.92 Å². The van der Waals surface area contributed by atoms with E-state index in [0.717, 1.165) is 0 Å². The first kappa shape index (κ1) is 14.7. The fraction of sp³-hybridized carbons (Fsp3) is 0.571. The van der Waals surface area contributed by atoms with Gasteiger partial charge in [-0.05, 0) is 6.92 Å². The molecule has 0 heterocycles. The van der Waals surface area contributed by atoms with Gasteiger partial charge in [-0.1, -0.05) is 5.92 Å². The molecule has 0 aliphatic carbocycles. The third-order valence-corrected chi connectivity index (χ3v) is 1.93. The summed E-state index contributed by atoms with van der Waals surface area (Å²) in [5.74, 6) is 0.353. The molecule has 0 saturated carbocycles. The SMILES string of the molecule is CC#CC(=O)OC(CS(=O)(=O)O)C(F)(F)F. The number of halogens is 3. The minimum absolute atomic E-state index is 1.19. The first-order valence-corrected chi connectivity index (χ1v) is 5.32. The van der Waals surface area contributed by atoms with Crippen LogP contribution in [0.15, 0.2) is 0 Å². The zero-order chi connectivity index (χ0) is 13.0. The highest BCUT2D eigenvalue weighted by atomic mass is 32.2. The lowest BCUT2D eigenvalue weighted by atomic mass is 10.4. The van der Waals surface area contributed by atoms with Crippen molar-refractivity contribution in [1.29, 1.82) is 0 Å². The highest BCUT2D eigenvalue weighted by molar-refractivity contribution is 7.85. The molecular formula is C7H7F3O5S. The van der Waals surface area contributed by atoms with Crippen molar-refractivity contribution in [2.75, 3.05) is 5.75 Å². The molecule has 0 aromatic rings. The molecule has 0 aromatic heterocycles. The van der Waals surface area contributed by atoms with Gasteiger partial charge >= 0.3 is 12.1 Å². The van der Waals surface area contributed by atoms with E-state index < -0.39 is 34.1 Å². The van der Waals surface area contributed by atoms with Gasteiger partial charge in [0, 0.05) is 5.92 Å². The summed E-state index contributed by atoms with van der Waals surface area (Å²) in [7, 11) is -4.91. The first-order chi connectivity index (χ1) is 7.06. The van der Waals surface area contributed by atoms with E-state index in [1.54, 1.807) is 5.92 Å². The Morgan fingerprint density at radius 3 is 2.31 bits per heavy atom. The third kappa shape index (κ3) is 6.26. The Bertz CT molecular complexity index is 414. The van der Waals surface area contributed by atoms with E-state index in [1.807, 2.05) is 5.92 Å².